The van der Waals surface area contributed by atoms with Gasteiger partial charge in [-0.15, -0.1) is 0 Å². The van der Waals surface area contributed by atoms with Crippen LogP contribution in [0.15, 0.2) is 89.7 Å². The highest BCUT2D eigenvalue weighted by atomic mass is 79.9. The Morgan fingerprint density at radius 1 is 1.00 bits per heavy atom. The van der Waals surface area contributed by atoms with Crippen LogP contribution in [0.2, 0.25) is 0 Å². The molecule has 2 N–H and O–H groups in total. The summed E-state index contributed by atoms with van der Waals surface area (Å²) in [6, 6.07) is 24.2. The number of rotatable bonds is 6. The topological polar surface area (TPSA) is 79.9 Å². The number of carbonyl (C=O) groups is 1. The molecule has 0 aliphatic rings. The molecule has 4 rings (SSSR count). The van der Waals surface area contributed by atoms with Crippen molar-refractivity contribution >= 4 is 27.5 Å². The molecule has 0 bridgehead atoms. The van der Waals surface area contributed by atoms with Gasteiger partial charge in [0.2, 0.25) is 6.10 Å². The third-order valence-electron chi connectivity index (χ3n) is 4.24. The fourth-order valence-electron chi connectivity index (χ4n) is 2.86. The molecule has 0 radical (unpaired) electrons. The molecule has 1 amide bonds. The van der Waals surface area contributed by atoms with Gasteiger partial charge in [-0.3, -0.25) is 9.89 Å². The fraction of sp³-hybridized carbons (Fsp3) is 0.0455. The molecule has 29 heavy (non-hydrogen) atoms. The Kier molecular flexibility index (Phi) is 5.67. The second-order valence-corrected chi connectivity index (χ2v) is 7.10. The van der Waals surface area contributed by atoms with Gasteiger partial charge in [-0.1, -0.05) is 54.6 Å². The van der Waals surface area contributed by atoms with E-state index < -0.39 is 6.10 Å². The molecule has 4 aromatic rings. The molecule has 1 unspecified atom stereocenters. The van der Waals surface area contributed by atoms with Gasteiger partial charge >= 0.3 is 0 Å². The van der Waals surface area contributed by atoms with Gasteiger partial charge in [0.05, 0.1) is 4.47 Å². The number of aromatic amines is 1. The van der Waals surface area contributed by atoms with Crippen molar-refractivity contribution in [3.8, 4) is 17.1 Å². The first-order valence-electron chi connectivity index (χ1n) is 8.93. The Morgan fingerprint density at radius 3 is 2.55 bits per heavy atom. The van der Waals surface area contributed by atoms with Crippen LogP contribution in [0, 0.1) is 0 Å². The van der Waals surface area contributed by atoms with Crippen molar-refractivity contribution in [2.75, 3.05) is 5.32 Å². The number of anilines is 1. The average Bonchev–Trinajstić information content (AvgIpc) is 3.29. The number of aromatic nitrogens is 3. The number of nitrogens with one attached hydrogen (secondary N) is 2. The van der Waals surface area contributed by atoms with E-state index in [2.05, 4.69) is 36.4 Å². The monoisotopic (exact) mass is 448 g/mol. The highest BCUT2D eigenvalue weighted by Crippen LogP contribution is 2.30. The molecule has 0 saturated heterocycles. The maximum atomic E-state index is 13.1. The number of hydrogen-bond donors (Lipinski definition) is 2. The molecule has 3 aromatic carbocycles. The minimum atomic E-state index is -0.816. The van der Waals surface area contributed by atoms with E-state index in [9.17, 15) is 4.79 Å². The Balaban J connectivity index is 1.60. The molecule has 7 heteroatoms. The number of ether oxygens (including phenoxy) is 1. The van der Waals surface area contributed by atoms with Crippen molar-refractivity contribution in [3.05, 3.63) is 95.2 Å². The number of halogens is 1. The first-order chi connectivity index (χ1) is 14.2. The van der Waals surface area contributed by atoms with Crippen molar-refractivity contribution in [2.24, 2.45) is 0 Å². The summed E-state index contributed by atoms with van der Waals surface area (Å²) in [7, 11) is 0. The molecular weight excluding hydrogens is 432 g/mol. The van der Waals surface area contributed by atoms with E-state index in [1.807, 2.05) is 78.9 Å². The van der Waals surface area contributed by atoms with Gasteiger partial charge in [0, 0.05) is 16.8 Å². The van der Waals surface area contributed by atoms with Crippen LogP contribution < -0.4 is 10.1 Å². The second kappa shape index (κ2) is 8.70. The molecule has 0 aliphatic heterocycles. The lowest BCUT2D eigenvalue weighted by Crippen LogP contribution is -2.25. The predicted molar refractivity (Wildman–Crippen MR) is 114 cm³/mol. The summed E-state index contributed by atoms with van der Waals surface area (Å²) in [5, 5.41) is 9.62. The lowest BCUT2D eigenvalue weighted by Gasteiger charge is -2.20. The van der Waals surface area contributed by atoms with Crippen LogP contribution in [0.5, 0.6) is 5.75 Å². The third-order valence-corrected chi connectivity index (χ3v) is 4.90. The zero-order valence-corrected chi connectivity index (χ0v) is 16.8. The highest BCUT2D eigenvalue weighted by Gasteiger charge is 2.23. The van der Waals surface area contributed by atoms with Crippen molar-refractivity contribution in [2.45, 2.75) is 6.10 Å². The fourth-order valence-corrected chi connectivity index (χ4v) is 3.24. The summed E-state index contributed by atoms with van der Waals surface area (Å²) < 4.78 is 6.86. The van der Waals surface area contributed by atoms with Gasteiger partial charge < -0.3 is 10.1 Å². The summed E-state index contributed by atoms with van der Waals surface area (Å²) in [6.07, 6.45) is 0.626. The SMILES string of the molecule is O=C(Nc1cccc(-c2ncn[nH]2)c1)C(Oc1ccccc1Br)c1ccccc1. The molecule has 6 nitrogen and oxygen atoms in total. The Morgan fingerprint density at radius 2 is 1.79 bits per heavy atom. The van der Waals surface area contributed by atoms with E-state index in [1.165, 1.54) is 6.33 Å². The lowest BCUT2D eigenvalue weighted by atomic mass is 10.1. The van der Waals surface area contributed by atoms with E-state index in [-0.39, 0.29) is 5.91 Å². The zero-order valence-electron chi connectivity index (χ0n) is 15.2. The molecule has 144 valence electrons. The molecule has 1 atom stereocenters. The number of nitrogens with zero attached hydrogens (tertiary/aromatic N) is 2. The summed E-state index contributed by atoms with van der Waals surface area (Å²) in [6.45, 7) is 0. The molecule has 1 aromatic heterocycles. The van der Waals surface area contributed by atoms with Gasteiger partial charge in [-0.25, -0.2) is 4.98 Å². The van der Waals surface area contributed by atoms with Crippen LogP contribution in [0.25, 0.3) is 11.4 Å². The molecule has 0 spiro atoms. The van der Waals surface area contributed by atoms with Crippen LogP contribution in [-0.4, -0.2) is 21.1 Å². The van der Waals surface area contributed by atoms with Crippen LogP contribution in [0.1, 0.15) is 11.7 Å². The van der Waals surface area contributed by atoms with Crippen molar-refractivity contribution in [3.63, 3.8) is 0 Å². The largest absolute Gasteiger partial charge is 0.475 e. The van der Waals surface area contributed by atoms with Crippen molar-refractivity contribution < 1.29 is 9.53 Å². The molecule has 0 aliphatic carbocycles. The lowest BCUT2D eigenvalue weighted by molar-refractivity contribution is -0.123. The Bertz CT molecular complexity index is 1100. The Labute approximate surface area is 176 Å². The number of H-pyrrole nitrogens is 1. The minimum Gasteiger partial charge on any atom is -0.475 e. The smallest absolute Gasteiger partial charge is 0.270 e. The maximum absolute atomic E-state index is 13.1. The van der Waals surface area contributed by atoms with Crippen molar-refractivity contribution in [1.82, 2.24) is 15.2 Å². The predicted octanol–water partition coefficient (Wildman–Crippen LogP) is 4.99. The van der Waals surface area contributed by atoms with E-state index >= 15 is 0 Å². The average molecular weight is 449 g/mol. The first kappa shape index (κ1) is 18.9. The normalized spacial score (nSPS) is 11.6. The number of benzene rings is 3. The highest BCUT2D eigenvalue weighted by molar-refractivity contribution is 9.10. The van der Waals surface area contributed by atoms with Gasteiger partial charge in [0.25, 0.3) is 5.91 Å². The molecular formula is C22H17BrN4O2. The number of para-hydroxylation sites is 1. The molecule has 0 saturated carbocycles. The van der Waals surface area contributed by atoms with Gasteiger partial charge in [0.1, 0.15) is 12.1 Å². The van der Waals surface area contributed by atoms with E-state index in [0.29, 0.717) is 17.3 Å². The number of hydrogen-bond acceptors (Lipinski definition) is 4. The number of carbonyl (C=O) groups excluding carboxylic acids is 1. The zero-order chi connectivity index (χ0) is 20.1. The Hall–Kier alpha value is -3.45. The summed E-state index contributed by atoms with van der Waals surface area (Å²) in [5.74, 6) is 0.943. The van der Waals surface area contributed by atoms with Crippen LogP contribution in [0.3, 0.4) is 0 Å². The standard InChI is InChI=1S/C22H17BrN4O2/c23-18-11-4-5-12-19(18)29-20(15-7-2-1-3-8-15)22(28)26-17-10-6-9-16(13-17)21-24-14-25-27-21/h1-14,20H,(H,26,28)(H,24,25,27). The summed E-state index contributed by atoms with van der Waals surface area (Å²) >= 11 is 3.47. The third kappa shape index (κ3) is 4.52. The maximum Gasteiger partial charge on any atom is 0.270 e. The van der Waals surface area contributed by atoms with E-state index in [1.54, 1.807) is 0 Å². The minimum absolute atomic E-state index is 0.276. The van der Waals surface area contributed by atoms with Crippen molar-refractivity contribution in [1.29, 1.82) is 0 Å². The summed E-state index contributed by atoms with van der Waals surface area (Å²) in [4.78, 5) is 17.3. The van der Waals surface area contributed by atoms with Gasteiger partial charge in [-0.2, -0.15) is 5.10 Å². The molecule has 1 heterocycles. The van der Waals surface area contributed by atoms with Gasteiger partial charge in [0.15, 0.2) is 5.82 Å². The van der Waals surface area contributed by atoms with E-state index in [0.717, 1.165) is 15.6 Å². The number of amides is 1. The van der Waals surface area contributed by atoms with Crippen LogP contribution in [-0.2, 0) is 4.79 Å². The van der Waals surface area contributed by atoms with E-state index in [4.69, 9.17) is 4.74 Å². The second-order valence-electron chi connectivity index (χ2n) is 6.24. The van der Waals surface area contributed by atoms with Gasteiger partial charge in [-0.05, 0) is 40.2 Å². The van der Waals surface area contributed by atoms with Crippen LogP contribution >= 0.6 is 15.9 Å². The first-order valence-corrected chi connectivity index (χ1v) is 9.73. The summed E-state index contributed by atoms with van der Waals surface area (Å²) in [5.41, 5.74) is 2.22. The quantitative estimate of drug-likeness (QED) is 0.435. The molecule has 0 fully saturated rings. The van der Waals surface area contributed by atoms with Crippen LogP contribution in [0.4, 0.5) is 5.69 Å².